The molecular weight excluding hydrogens is 258 g/mol. The molecule has 0 aliphatic carbocycles. The van der Waals surface area contributed by atoms with Crippen LogP contribution >= 0.6 is 11.8 Å². The number of carbonyl (C=O) groups is 1. The predicted octanol–water partition coefficient (Wildman–Crippen LogP) is 2.91. The predicted molar refractivity (Wildman–Crippen MR) is 77.2 cm³/mol. The zero-order valence-electron chi connectivity index (χ0n) is 10.7. The number of hydrogen-bond donors (Lipinski definition) is 1. The molecule has 2 aromatic rings. The molecule has 1 amide bonds. The molecule has 0 fully saturated rings. The molecule has 98 valence electrons. The van der Waals surface area contributed by atoms with Crippen LogP contribution in [0.15, 0.2) is 47.6 Å². The lowest BCUT2D eigenvalue weighted by atomic mass is 10.3. The van der Waals surface area contributed by atoms with Crippen molar-refractivity contribution in [3.63, 3.8) is 0 Å². The first-order valence-corrected chi connectivity index (χ1v) is 7.00. The molecule has 0 aliphatic rings. The highest BCUT2D eigenvalue weighted by Gasteiger charge is 2.04. The van der Waals surface area contributed by atoms with Crippen LogP contribution in [-0.4, -0.2) is 21.6 Å². The van der Waals surface area contributed by atoms with E-state index in [1.807, 2.05) is 37.3 Å². The summed E-state index contributed by atoms with van der Waals surface area (Å²) in [5, 5.41) is 3.72. The Hall–Kier alpha value is -1.88. The zero-order valence-corrected chi connectivity index (χ0v) is 11.5. The molecule has 0 radical (unpaired) electrons. The van der Waals surface area contributed by atoms with Crippen LogP contribution < -0.4 is 5.32 Å². The molecule has 5 heteroatoms. The van der Waals surface area contributed by atoms with Crippen molar-refractivity contribution in [1.29, 1.82) is 0 Å². The number of nitrogens with one attached hydrogen (secondary N) is 1. The van der Waals surface area contributed by atoms with E-state index in [0.29, 0.717) is 18.0 Å². The highest BCUT2D eigenvalue weighted by molar-refractivity contribution is 7.99. The molecule has 0 aliphatic heterocycles. The standard InChI is InChI=1S/C14H15N3OS/c1-11-5-4-6-12(16-11)17-13(18)8-10-19-14-7-2-3-9-15-14/h2-7,9H,8,10H2,1H3,(H,16,17,18). The molecule has 2 aromatic heterocycles. The van der Waals surface area contributed by atoms with Crippen molar-refractivity contribution in [2.75, 3.05) is 11.1 Å². The van der Waals surface area contributed by atoms with Gasteiger partial charge in [0.1, 0.15) is 5.82 Å². The average Bonchev–Trinajstić information content (AvgIpc) is 2.40. The molecule has 4 nitrogen and oxygen atoms in total. The summed E-state index contributed by atoms with van der Waals surface area (Å²) in [7, 11) is 0. The Balaban J connectivity index is 1.76. The van der Waals surface area contributed by atoms with Gasteiger partial charge in [-0.15, -0.1) is 11.8 Å². The maximum absolute atomic E-state index is 11.7. The van der Waals surface area contributed by atoms with Crippen molar-refractivity contribution in [2.45, 2.75) is 18.4 Å². The molecule has 0 saturated heterocycles. The number of pyridine rings is 2. The topological polar surface area (TPSA) is 54.9 Å². The maximum Gasteiger partial charge on any atom is 0.226 e. The Morgan fingerprint density at radius 1 is 1.26 bits per heavy atom. The normalized spacial score (nSPS) is 10.2. The van der Waals surface area contributed by atoms with Gasteiger partial charge in [0.25, 0.3) is 0 Å². The van der Waals surface area contributed by atoms with Gasteiger partial charge in [0.2, 0.25) is 5.91 Å². The van der Waals surface area contributed by atoms with Crippen molar-refractivity contribution in [1.82, 2.24) is 9.97 Å². The first kappa shape index (κ1) is 13.5. The fourth-order valence-corrected chi connectivity index (χ4v) is 2.31. The van der Waals surface area contributed by atoms with Crippen LogP contribution in [0.1, 0.15) is 12.1 Å². The van der Waals surface area contributed by atoms with E-state index in [-0.39, 0.29) is 5.91 Å². The second-order valence-electron chi connectivity index (χ2n) is 3.98. The van der Waals surface area contributed by atoms with Gasteiger partial charge in [-0.1, -0.05) is 12.1 Å². The minimum atomic E-state index is -0.0264. The summed E-state index contributed by atoms with van der Waals surface area (Å²) < 4.78 is 0. The average molecular weight is 273 g/mol. The van der Waals surface area contributed by atoms with Crippen LogP contribution in [0.4, 0.5) is 5.82 Å². The number of aryl methyl sites for hydroxylation is 1. The van der Waals surface area contributed by atoms with Gasteiger partial charge >= 0.3 is 0 Å². The molecule has 2 heterocycles. The first-order valence-electron chi connectivity index (χ1n) is 6.01. The van der Waals surface area contributed by atoms with E-state index in [9.17, 15) is 4.79 Å². The van der Waals surface area contributed by atoms with E-state index in [2.05, 4.69) is 15.3 Å². The zero-order chi connectivity index (χ0) is 13.5. The number of thioether (sulfide) groups is 1. The molecule has 2 rings (SSSR count). The summed E-state index contributed by atoms with van der Waals surface area (Å²) in [6.45, 7) is 1.90. The summed E-state index contributed by atoms with van der Waals surface area (Å²) in [6.07, 6.45) is 2.19. The van der Waals surface area contributed by atoms with Crippen molar-refractivity contribution in [3.05, 3.63) is 48.3 Å². The third-order valence-electron chi connectivity index (χ3n) is 2.37. The van der Waals surface area contributed by atoms with Crippen LogP contribution in [0, 0.1) is 6.92 Å². The smallest absolute Gasteiger partial charge is 0.226 e. The third kappa shape index (κ3) is 4.71. The Morgan fingerprint density at radius 2 is 2.16 bits per heavy atom. The van der Waals surface area contributed by atoms with Crippen molar-refractivity contribution in [2.24, 2.45) is 0 Å². The van der Waals surface area contributed by atoms with Crippen molar-refractivity contribution in [3.8, 4) is 0 Å². The summed E-state index contributed by atoms with van der Waals surface area (Å²) in [6, 6.07) is 11.3. The Kier molecular flexibility index (Phi) is 4.92. The van der Waals surface area contributed by atoms with Gasteiger partial charge in [-0.25, -0.2) is 9.97 Å². The molecule has 0 saturated carbocycles. The Bertz CT molecular complexity index is 545. The van der Waals surface area contributed by atoms with Gasteiger partial charge in [-0.2, -0.15) is 0 Å². The van der Waals surface area contributed by atoms with Gasteiger partial charge in [0, 0.05) is 24.1 Å². The third-order valence-corrected chi connectivity index (χ3v) is 3.32. The Labute approximate surface area is 116 Å². The summed E-state index contributed by atoms with van der Waals surface area (Å²) in [5.41, 5.74) is 0.890. The lowest BCUT2D eigenvalue weighted by molar-refractivity contribution is -0.115. The van der Waals surface area contributed by atoms with E-state index in [1.54, 1.807) is 24.0 Å². The number of rotatable bonds is 5. The minimum absolute atomic E-state index is 0.0264. The monoisotopic (exact) mass is 273 g/mol. The largest absolute Gasteiger partial charge is 0.311 e. The van der Waals surface area contributed by atoms with Crippen molar-refractivity contribution < 1.29 is 4.79 Å². The second-order valence-corrected chi connectivity index (χ2v) is 5.09. The summed E-state index contributed by atoms with van der Waals surface area (Å²) in [5.74, 6) is 1.28. The number of carbonyl (C=O) groups excluding carboxylic acids is 1. The van der Waals surface area contributed by atoms with Gasteiger partial charge < -0.3 is 5.32 Å². The van der Waals surface area contributed by atoms with Crippen LogP contribution in [0.2, 0.25) is 0 Å². The van der Waals surface area contributed by atoms with Crippen LogP contribution in [0.5, 0.6) is 0 Å². The highest BCUT2D eigenvalue weighted by Crippen LogP contribution is 2.15. The van der Waals surface area contributed by atoms with E-state index in [1.165, 1.54) is 0 Å². The lowest BCUT2D eigenvalue weighted by Crippen LogP contribution is -2.13. The second kappa shape index (κ2) is 6.89. The molecular formula is C14H15N3OS. The quantitative estimate of drug-likeness (QED) is 0.851. The summed E-state index contributed by atoms with van der Waals surface area (Å²) >= 11 is 1.57. The van der Waals surface area contributed by atoms with E-state index < -0.39 is 0 Å². The molecule has 0 aromatic carbocycles. The summed E-state index contributed by atoms with van der Waals surface area (Å²) in [4.78, 5) is 20.1. The van der Waals surface area contributed by atoms with Crippen LogP contribution in [-0.2, 0) is 4.79 Å². The fraction of sp³-hybridized carbons (Fsp3) is 0.214. The molecule has 19 heavy (non-hydrogen) atoms. The molecule has 1 N–H and O–H groups in total. The van der Waals surface area contributed by atoms with Gasteiger partial charge in [0.15, 0.2) is 0 Å². The number of amides is 1. The van der Waals surface area contributed by atoms with E-state index >= 15 is 0 Å². The molecule has 0 atom stereocenters. The van der Waals surface area contributed by atoms with Crippen LogP contribution in [0.25, 0.3) is 0 Å². The van der Waals surface area contributed by atoms with E-state index in [4.69, 9.17) is 0 Å². The number of nitrogens with zero attached hydrogens (tertiary/aromatic N) is 2. The minimum Gasteiger partial charge on any atom is -0.311 e. The number of anilines is 1. The van der Waals surface area contributed by atoms with Gasteiger partial charge in [-0.05, 0) is 31.2 Å². The Morgan fingerprint density at radius 3 is 2.89 bits per heavy atom. The highest BCUT2D eigenvalue weighted by atomic mass is 32.2. The van der Waals surface area contributed by atoms with Crippen LogP contribution in [0.3, 0.4) is 0 Å². The molecule has 0 bridgehead atoms. The molecule has 0 unspecified atom stereocenters. The fourth-order valence-electron chi connectivity index (χ4n) is 1.50. The number of hydrogen-bond acceptors (Lipinski definition) is 4. The molecule has 0 spiro atoms. The SMILES string of the molecule is Cc1cccc(NC(=O)CCSc2ccccn2)n1. The lowest BCUT2D eigenvalue weighted by Gasteiger charge is -2.04. The van der Waals surface area contributed by atoms with E-state index in [0.717, 1.165) is 10.7 Å². The number of aromatic nitrogens is 2. The first-order chi connectivity index (χ1) is 9.24. The maximum atomic E-state index is 11.7. The van der Waals surface area contributed by atoms with Gasteiger partial charge in [-0.3, -0.25) is 4.79 Å². The van der Waals surface area contributed by atoms with Gasteiger partial charge in [0.05, 0.1) is 5.03 Å². The van der Waals surface area contributed by atoms with Crippen molar-refractivity contribution >= 4 is 23.5 Å².